The molecule has 0 saturated heterocycles. The van der Waals surface area contributed by atoms with E-state index in [1.807, 2.05) is 12.1 Å². The van der Waals surface area contributed by atoms with Crippen molar-refractivity contribution in [1.29, 1.82) is 0 Å². The van der Waals surface area contributed by atoms with Crippen LogP contribution in [0.15, 0.2) is 58.5 Å². The van der Waals surface area contributed by atoms with Gasteiger partial charge in [0.15, 0.2) is 0 Å². The molecule has 0 aliphatic carbocycles. The maximum absolute atomic E-state index is 6.69. The number of hydrogen-bond donors (Lipinski definition) is 0. The minimum Gasteiger partial charge on any atom is -1.00 e. The predicted molar refractivity (Wildman–Crippen MR) is 180 cm³/mol. The Hall–Kier alpha value is -0.559. The van der Waals surface area contributed by atoms with Crippen LogP contribution in [0.5, 0.6) is 0 Å². The van der Waals surface area contributed by atoms with Crippen LogP contribution in [-0.2, 0) is 25.7 Å². The van der Waals surface area contributed by atoms with Crippen LogP contribution in [0.4, 0.5) is 11.4 Å². The molecule has 0 spiro atoms. The molecule has 3 aromatic rings. The van der Waals surface area contributed by atoms with Gasteiger partial charge in [0.1, 0.15) is 0 Å². The largest absolute Gasteiger partial charge is 3.00 e. The Morgan fingerprint density at radius 1 is 0.578 bits per heavy atom. The van der Waals surface area contributed by atoms with Crippen molar-refractivity contribution in [2.45, 2.75) is 119 Å². The number of unbranched alkanes of at least 4 members (excludes halogenated alkanes) is 4. The second-order valence-corrected chi connectivity index (χ2v) is 11.7. The standard InChI is InChI=1S/C37H50ClN3.3ClH.Nd/c1-7-11-17-29-21-15-22-30(18-12-8-2)36(29)39-27(5)34-25-33(38)26-35(41-34)28(6)40-37-31(19-13-9-3)23-16-24-32(37)20-14-10-4;;;;/h15-16,21-26H,7-14,17-20H2,1-6H3;3*1H;/q;;;;+3/p-3. The van der Waals surface area contributed by atoms with Gasteiger partial charge in [-0.2, -0.15) is 0 Å². The van der Waals surface area contributed by atoms with E-state index in [9.17, 15) is 0 Å². The zero-order valence-electron chi connectivity index (χ0n) is 28.0. The Kier molecular flexibility index (Phi) is 26.3. The fraction of sp³-hybridized carbons (Fsp3) is 0.486. The zero-order chi connectivity index (χ0) is 29.6. The van der Waals surface area contributed by atoms with E-state index in [4.69, 9.17) is 26.6 Å². The summed E-state index contributed by atoms with van der Waals surface area (Å²) in [4.78, 5) is 15.5. The monoisotopic (exact) mass is 818 g/mol. The number of aromatic nitrogens is 1. The molecule has 0 atom stereocenters. The molecule has 0 aliphatic rings. The van der Waals surface area contributed by atoms with Crippen molar-refractivity contribution >= 4 is 34.4 Å². The Morgan fingerprint density at radius 2 is 0.867 bits per heavy atom. The number of aryl methyl sites for hydroxylation is 4. The number of benzene rings is 2. The Bertz CT molecular complexity index is 1190. The Balaban J connectivity index is 0. The van der Waals surface area contributed by atoms with E-state index in [1.54, 1.807) is 0 Å². The SMILES string of the molecule is CCCCc1cccc(CCCC)c1N=C(C)c1cc(Cl)cc(C(C)=Nc2c(CCCC)cccc2CCCC)n1.[Cl-].[Cl-].[Cl-].[Nd+3]. The van der Waals surface area contributed by atoms with E-state index < -0.39 is 0 Å². The average Bonchev–Trinajstić information content (AvgIpc) is 2.98. The fourth-order valence-electron chi connectivity index (χ4n) is 5.17. The van der Waals surface area contributed by atoms with Crippen LogP contribution >= 0.6 is 11.6 Å². The van der Waals surface area contributed by atoms with E-state index >= 15 is 0 Å². The number of hydrogen-bond acceptors (Lipinski definition) is 3. The van der Waals surface area contributed by atoms with Crippen LogP contribution in [0.1, 0.15) is 127 Å². The van der Waals surface area contributed by atoms with Gasteiger partial charge in [0.25, 0.3) is 0 Å². The molecular formula is C37H50Cl4N3Nd. The first kappa shape index (κ1) is 46.6. The first-order valence-corrected chi connectivity index (χ1v) is 16.3. The zero-order valence-corrected chi connectivity index (χ0v) is 34.2. The van der Waals surface area contributed by atoms with Crippen LogP contribution in [0.2, 0.25) is 5.02 Å². The normalized spacial score (nSPS) is 11.2. The van der Waals surface area contributed by atoms with Gasteiger partial charge >= 0.3 is 40.8 Å². The van der Waals surface area contributed by atoms with Crippen molar-refractivity contribution in [3.63, 3.8) is 0 Å². The molecule has 0 amide bonds. The molecule has 1 heterocycles. The number of nitrogens with zero attached hydrogens (tertiary/aromatic N) is 3. The van der Waals surface area contributed by atoms with E-state index in [-0.39, 0.29) is 78.1 Å². The van der Waals surface area contributed by atoms with Crippen molar-refractivity contribution in [2.24, 2.45) is 9.98 Å². The summed E-state index contributed by atoms with van der Waals surface area (Å²) >= 11 is 6.69. The summed E-state index contributed by atoms with van der Waals surface area (Å²) in [5.41, 5.74) is 10.9. The Morgan fingerprint density at radius 3 is 1.13 bits per heavy atom. The summed E-state index contributed by atoms with van der Waals surface area (Å²) in [5.74, 6) is 0. The molecule has 245 valence electrons. The smallest absolute Gasteiger partial charge is 1.00 e. The van der Waals surface area contributed by atoms with Crippen LogP contribution < -0.4 is 37.2 Å². The number of aliphatic imine (C=N–C) groups is 2. The molecule has 1 radical (unpaired) electrons. The van der Waals surface area contributed by atoms with Crippen LogP contribution in [0, 0.1) is 40.8 Å². The molecule has 3 rings (SSSR count). The second kappa shape index (κ2) is 25.5. The number of halogens is 4. The third-order valence-electron chi connectivity index (χ3n) is 7.70. The molecule has 0 N–H and O–H groups in total. The summed E-state index contributed by atoms with van der Waals surface area (Å²) in [6, 6.07) is 17.2. The molecular weight excluding hydrogens is 772 g/mol. The van der Waals surface area contributed by atoms with Crippen LogP contribution in [0.3, 0.4) is 0 Å². The summed E-state index contributed by atoms with van der Waals surface area (Å²) in [7, 11) is 0. The fourth-order valence-corrected chi connectivity index (χ4v) is 5.38. The minimum atomic E-state index is 0. The molecule has 3 nitrogen and oxygen atoms in total. The van der Waals surface area contributed by atoms with E-state index in [0.29, 0.717) is 5.02 Å². The summed E-state index contributed by atoms with van der Waals surface area (Å²) in [6.07, 6.45) is 13.5. The quantitative estimate of drug-likeness (QED) is 0.205. The summed E-state index contributed by atoms with van der Waals surface area (Å²) in [5, 5.41) is 0.657. The van der Waals surface area contributed by atoms with E-state index in [2.05, 4.69) is 77.9 Å². The van der Waals surface area contributed by atoms with Gasteiger partial charge in [-0.15, -0.1) is 0 Å². The van der Waals surface area contributed by atoms with Crippen molar-refractivity contribution < 1.29 is 78.1 Å². The molecule has 0 unspecified atom stereocenters. The minimum absolute atomic E-state index is 0. The van der Waals surface area contributed by atoms with Crippen molar-refractivity contribution in [3.8, 4) is 0 Å². The first-order valence-electron chi connectivity index (χ1n) is 15.9. The summed E-state index contributed by atoms with van der Waals surface area (Å²) < 4.78 is 0. The van der Waals surface area contributed by atoms with Gasteiger partial charge in [-0.1, -0.05) is 101 Å². The van der Waals surface area contributed by atoms with Crippen LogP contribution in [0.25, 0.3) is 0 Å². The molecule has 0 saturated carbocycles. The van der Waals surface area contributed by atoms with Gasteiger partial charge in [0.05, 0.1) is 34.2 Å². The van der Waals surface area contributed by atoms with E-state index in [1.165, 1.54) is 47.9 Å². The van der Waals surface area contributed by atoms with Crippen LogP contribution in [-0.4, -0.2) is 16.4 Å². The van der Waals surface area contributed by atoms with E-state index in [0.717, 1.165) is 85.6 Å². The molecule has 1 aromatic heterocycles. The molecule has 45 heavy (non-hydrogen) atoms. The van der Waals surface area contributed by atoms with Crippen molar-refractivity contribution in [1.82, 2.24) is 4.98 Å². The molecule has 0 aliphatic heterocycles. The topological polar surface area (TPSA) is 37.6 Å². The maximum atomic E-state index is 6.69. The third kappa shape index (κ3) is 14.6. The molecule has 0 bridgehead atoms. The number of para-hydroxylation sites is 2. The molecule has 8 heteroatoms. The maximum Gasteiger partial charge on any atom is 3.00 e. The number of rotatable bonds is 16. The first-order chi connectivity index (χ1) is 19.9. The van der Waals surface area contributed by atoms with Gasteiger partial charge < -0.3 is 37.2 Å². The van der Waals surface area contributed by atoms with Crippen molar-refractivity contribution in [2.75, 3.05) is 0 Å². The third-order valence-corrected chi connectivity index (χ3v) is 7.91. The van der Waals surface area contributed by atoms with Gasteiger partial charge in [0.2, 0.25) is 0 Å². The summed E-state index contributed by atoms with van der Waals surface area (Å²) in [6.45, 7) is 13.1. The van der Waals surface area contributed by atoms with Crippen molar-refractivity contribution in [3.05, 3.63) is 87.2 Å². The Labute approximate surface area is 330 Å². The van der Waals surface area contributed by atoms with Gasteiger partial charge in [0, 0.05) is 5.02 Å². The molecule has 2 aromatic carbocycles. The predicted octanol–water partition coefficient (Wildman–Crippen LogP) is 2.40. The second-order valence-electron chi connectivity index (χ2n) is 11.2. The number of pyridine rings is 1. The van der Waals surface area contributed by atoms with Gasteiger partial charge in [-0.05, 0) is 99.6 Å². The molecule has 0 fully saturated rings. The van der Waals surface area contributed by atoms with Gasteiger partial charge in [-0.3, -0.25) is 9.98 Å². The van der Waals surface area contributed by atoms with Gasteiger partial charge in [-0.25, -0.2) is 4.98 Å². The average molecular weight is 823 g/mol.